The summed E-state index contributed by atoms with van der Waals surface area (Å²) in [6, 6.07) is 0. The van der Waals surface area contributed by atoms with Crippen LogP contribution in [0.5, 0.6) is 0 Å². The van der Waals surface area contributed by atoms with Crippen LogP contribution in [0.4, 0.5) is 0 Å². The molecule has 0 aromatic carbocycles. The van der Waals surface area contributed by atoms with Crippen LogP contribution in [-0.2, 0) is 38.1 Å². The van der Waals surface area contributed by atoms with E-state index in [0.29, 0.717) is 12.8 Å². The van der Waals surface area contributed by atoms with Gasteiger partial charge in [0, 0.05) is 20.8 Å². The van der Waals surface area contributed by atoms with Crippen LogP contribution in [0.3, 0.4) is 0 Å². The number of carbonyl (C=O) groups is 3. The van der Waals surface area contributed by atoms with E-state index in [1.807, 2.05) is 0 Å². The highest BCUT2D eigenvalue weighted by atomic mass is 16.8. The van der Waals surface area contributed by atoms with Gasteiger partial charge in [-0.3, -0.25) is 14.4 Å². The van der Waals surface area contributed by atoms with Crippen molar-refractivity contribution in [1.82, 2.24) is 0 Å². The molecule has 0 aromatic rings. The number of aliphatic hydroxyl groups excluding tert-OH is 1. The van der Waals surface area contributed by atoms with Crippen LogP contribution in [0.15, 0.2) is 0 Å². The molecule has 0 amide bonds. The van der Waals surface area contributed by atoms with Crippen LogP contribution in [0.25, 0.3) is 0 Å². The summed E-state index contributed by atoms with van der Waals surface area (Å²) in [5, 5.41) is 10.2. The Morgan fingerprint density at radius 3 is 2.04 bits per heavy atom. The predicted octanol–water partition coefficient (Wildman–Crippen LogP) is 0.169. The first-order valence-electron chi connectivity index (χ1n) is 8.27. The highest BCUT2D eigenvalue weighted by molar-refractivity contribution is 5.70. The fourth-order valence-electron chi connectivity index (χ4n) is 4.29. The molecular formula is C16H22O9. The van der Waals surface area contributed by atoms with Gasteiger partial charge in [0.15, 0.2) is 24.1 Å². The third kappa shape index (κ3) is 2.70. The number of ether oxygens (including phenoxy) is 5. The molecule has 0 unspecified atom stereocenters. The summed E-state index contributed by atoms with van der Waals surface area (Å²) >= 11 is 0. The standard InChI is InChI=1S/C16H22O9/c1-8(17)21-12-11-13(20)23-14(22-11)16(25-10(3)19)7-5-4-6-15(12,16)24-9(2)18/h11-14,20H,4-7H2,1-3H3/t11-,12+,13+,14-,15-,16-/m1/s1. The molecule has 1 N–H and O–H groups in total. The van der Waals surface area contributed by atoms with Gasteiger partial charge in [-0.25, -0.2) is 0 Å². The van der Waals surface area contributed by atoms with Gasteiger partial charge in [0.25, 0.3) is 0 Å². The van der Waals surface area contributed by atoms with E-state index >= 15 is 0 Å². The summed E-state index contributed by atoms with van der Waals surface area (Å²) in [6.07, 6.45) is -2.86. The van der Waals surface area contributed by atoms with Crippen molar-refractivity contribution >= 4 is 17.9 Å². The molecule has 9 nitrogen and oxygen atoms in total. The zero-order valence-corrected chi connectivity index (χ0v) is 14.4. The Kier molecular flexibility index (Phi) is 4.50. The van der Waals surface area contributed by atoms with Gasteiger partial charge < -0.3 is 28.8 Å². The Balaban J connectivity index is 2.17. The molecule has 6 atom stereocenters. The number of esters is 3. The van der Waals surface area contributed by atoms with E-state index in [2.05, 4.69) is 0 Å². The van der Waals surface area contributed by atoms with E-state index < -0.39 is 53.9 Å². The van der Waals surface area contributed by atoms with Crippen LogP contribution in [-0.4, -0.2) is 59.0 Å². The average Bonchev–Trinajstić information content (AvgIpc) is 2.84. The average molecular weight is 358 g/mol. The van der Waals surface area contributed by atoms with Crippen molar-refractivity contribution in [2.75, 3.05) is 0 Å². The first-order valence-corrected chi connectivity index (χ1v) is 8.27. The topological polar surface area (TPSA) is 118 Å². The lowest BCUT2D eigenvalue weighted by molar-refractivity contribution is -0.341. The molecule has 2 aliphatic heterocycles. The van der Waals surface area contributed by atoms with E-state index in [9.17, 15) is 19.5 Å². The SMILES string of the molecule is CC(=O)O[C@H]1[C@H]2O[C@H](O[C@@H]2O)[C@]2(OC(C)=O)CCCC[C@@]12OC(C)=O. The molecule has 2 heterocycles. The summed E-state index contributed by atoms with van der Waals surface area (Å²) in [5.74, 6) is -1.88. The highest BCUT2D eigenvalue weighted by Crippen LogP contribution is 2.56. The number of hydrogen-bond acceptors (Lipinski definition) is 9. The summed E-state index contributed by atoms with van der Waals surface area (Å²) in [4.78, 5) is 35.4. The van der Waals surface area contributed by atoms with Crippen molar-refractivity contribution in [3.8, 4) is 0 Å². The molecule has 2 bridgehead atoms. The van der Waals surface area contributed by atoms with Crippen LogP contribution >= 0.6 is 0 Å². The normalized spacial score (nSPS) is 42.2. The maximum atomic E-state index is 11.9. The molecule has 0 radical (unpaired) electrons. The molecule has 3 fully saturated rings. The molecule has 9 heteroatoms. The van der Waals surface area contributed by atoms with Gasteiger partial charge in [-0.2, -0.15) is 0 Å². The van der Waals surface area contributed by atoms with Crippen molar-refractivity contribution in [3.63, 3.8) is 0 Å². The van der Waals surface area contributed by atoms with Crippen molar-refractivity contribution < 1.29 is 43.2 Å². The molecule has 140 valence electrons. The third-order valence-corrected chi connectivity index (χ3v) is 4.97. The van der Waals surface area contributed by atoms with Gasteiger partial charge in [0.1, 0.15) is 0 Å². The summed E-state index contributed by atoms with van der Waals surface area (Å²) in [5.41, 5.74) is -2.99. The summed E-state index contributed by atoms with van der Waals surface area (Å²) in [6.45, 7) is 3.65. The maximum Gasteiger partial charge on any atom is 0.303 e. The van der Waals surface area contributed by atoms with E-state index in [0.717, 1.165) is 0 Å². The summed E-state index contributed by atoms with van der Waals surface area (Å²) < 4.78 is 27.8. The number of hydrogen-bond donors (Lipinski definition) is 1. The zero-order valence-electron chi connectivity index (χ0n) is 14.4. The lowest BCUT2D eigenvalue weighted by Gasteiger charge is -2.57. The first kappa shape index (κ1) is 18.1. The minimum absolute atomic E-state index is 0.279. The number of aliphatic hydroxyl groups is 1. The fourth-order valence-corrected chi connectivity index (χ4v) is 4.29. The van der Waals surface area contributed by atoms with Gasteiger partial charge in [0.2, 0.25) is 11.9 Å². The van der Waals surface area contributed by atoms with Crippen LogP contribution < -0.4 is 0 Å². The van der Waals surface area contributed by atoms with Crippen molar-refractivity contribution in [1.29, 1.82) is 0 Å². The monoisotopic (exact) mass is 358 g/mol. The number of carbonyl (C=O) groups excluding carboxylic acids is 3. The Morgan fingerprint density at radius 2 is 1.48 bits per heavy atom. The molecule has 3 rings (SSSR count). The Morgan fingerprint density at radius 1 is 0.920 bits per heavy atom. The smallest absolute Gasteiger partial charge is 0.303 e. The Labute approximate surface area is 144 Å². The van der Waals surface area contributed by atoms with Gasteiger partial charge in [0.05, 0.1) is 0 Å². The van der Waals surface area contributed by atoms with Crippen LogP contribution in [0.2, 0.25) is 0 Å². The minimum atomic E-state index is -1.50. The quantitative estimate of drug-likeness (QED) is 0.556. The van der Waals surface area contributed by atoms with E-state index in [1.165, 1.54) is 20.8 Å². The van der Waals surface area contributed by atoms with Gasteiger partial charge >= 0.3 is 17.9 Å². The lowest BCUT2D eigenvalue weighted by Crippen LogP contribution is -2.76. The van der Waals surface area contributed by atoms with E-state index in [4.69, 9.17) is 23.7 Å². The molecule has 0 spiro atoms. The number of fused-ring (bicyclic) bond motifs is 4. The van der Waals surface area contributed by atoms with Gasteiger partial charge in [-0.1, -0.05) is 0 Å². The second-order valence-electron chi connectivity index (χ2n) is 6.66. The van der Waals surface area contributed by atoms with Gasteiger partial charge in [-0.15, -0.1) is 0 Å². The van der Waals surface area contributed by atoms with E-state index in [1.54, 1.807) is 0 Å². The Hall–Kier alpha value is -1.71. The third-order valence-electron chi connectivity index (χ3n) is 4.97. The van der Waals surface area contributed by atoms with Crippen molar-refractivity contribution in [3.05, 3.63) is 0 Å². The van der Waals surface area contributed by atoms with Crippen LogP contribution in [0.1, 0.15) is 46.5 Å². The maximum absolute atomic E-state index is 11.9. The summed E-state index contributed by atoms with van der Waals surface area (Å²) in [7, 11) is 0. The second-order valence-corrected chi connectivity index (χ2v) is 6.66. The minimum Gasteiger partial charge on any atom is -0.455 e. The lowest BCUT2D eigenvalue weighted by atomic mass is 9.65. The molecule has 1 aliphatic carbocycles. The Bertz CT molecular complexity index is 590. The van der Waals surface area contributed by atoms with Gasteiger partial charge in [-0.05, 0) is 25.7 Å². The predicted molar refractivity (Wildman–Crippen MR) is 78.8 cm³/mol. The molecule has 0 aromatic heterocycles. The largest absolute Gasteiger partial charge is 0.455 e. The zero-order chi connectivity index (χ0) is 18.4. The van der Waals surface area contributed by atoms with Crippen molar-refractivity contribution in [2.45, 2.75) is 82.4 Å². The van der Waals surface area contributed by atoms with Crippen molar-refractivity contribution in [2.24, 2.45) is 0 Å². The molecule has 1 saturated carbocycles. The van der Waals surface area contributed by atoms with Crippen LogP contribution in [0, 0.1) is 0 Å². The second kappa shape index (κ2) is 6.22. The fraction of sp³-hybridized carbons (Fsp3) is 0.812. The number of rotatable bonds is 3. The molecule has 25 heavy (non-hydrogen) atoms. The molecular weight excluding hydrogens is 336 g/mol. The first-order chi connectivity index (χ1) is 11.7. The molecule has 3 aliphatic rings. The van der Waals surface area contributed by atoms with E-state index in [-0.39, 0.29) is 12.8 Å². The highest BCUT2D eigenvalue weighted by Gasteiger charge is 2.76. The molecule has 2 saturated heterocycles.